The predicted octanol–water partition coefficient (Wildman–Crippen LogP) is 3.06. The molecule has 0 atom stereocenters. The second kappa shape index (κ2) is 4.52. The smallest absolute Gasteiger partial charge is 0.356 e. The molecule has 20 heavy (non-hydrogen) atoms. The summed E-state index contributed by atoms with van der Waals surface area (Å²) in [5, 5.41) is 14.3. The number of hydrogen-bond donors (Lipinski definition) is 2. The summed E-state index contributed by atoms with van der Waals surface area (Å²) < 4.78 is 1.73. The van der Waals surface area contributed by atoms with Gasteiger partial charge < -0.3 is 10.1 Å². The highest BCUT2D eigenvalue weighted by atomic mass is 16.4. The monoisotopic (exact) mass is 269 g/mol. The van der Waals surface area contributed by atoms with Gasteiger partial charge in [0.1, 0.15) is 0 Å². The van der Waals surface area contributed by atoms with Crippen molar-refractivity contribution in [2.45, 2.75) is 20.4 Å². The molecular formula is C15H15N3O2. The molecule has 3 rings (SSSR count). The van der Waals surface area contributed by atoms with E-state index in [2.05, 4.69) is 10.1 Å². The second-order valence-corrected chi connectivity index (χ2v) is 4.71. The first kappa shape index (κ1) is 12.5. The van der Waals surface area contributed by atoms with Gasteiger partial charge in [-0.25, -0.2) is 4.79 Å². The van der Waals surface area contributed by atoms with Crippen LogP contribution in [0, 0.1) is 6.92 Å². The number of carboxylic acid groups (broad SMARTS) is 1. The number of carbonyl (C=O) groups is 1. The van der Waals surface area contributed by atoms with Gasteiger partial charge in [-0.15, -0.1) is 0 Å². The normalized spacial score (nSPS) is 11.1. The molecule has 0 aliphatic carbocycles. The number of carboxylic acids is 1. The lowest BCUT2D eigenvalue weighted by atomic mass is 10.1. The van der Waals surface area contributed by atoms with Crippen molar-refractivity contribution in [3.8, 4) is 11.3 Å². The first-order valence-electron chi connectivity index (χ1n) is 6.50. The van der Waals surface area contributed by atoms with Gasteiger partial charge in [0.2, 0.25) is 0 Å². The van der Waals surface area contributed by atoms with E-state index in [1.54, 1.807) is 10.7 Å². The maximum atomic E-state index is 11.1. The van der Waals surface area contributed by atoms with Gasteiger partial charge in [0, 0.05) is 28.7 Å². The van der Waals surface area contributed by atoms with Crippen molar-refractivity contribution in [2.24, 2.45) is 0 Å². The van der Waals surface area contributed by atoms with Gasteiger partial charge in [-0.3, -0.25) is 4.68 Å². The topological polar surface area (TPSA) is 70.9 Å². The number of fused-ring (bicyclic) bond motifs is 1. The zero-order chi connectivity index (χ0) is 14.3. The minimum absolute atomic E-state index is 0.0755. The van der Waals surface area contributed by atoms with Crippen molar-refractivity contribution in [3.05, 3.63) is 41.7 Å². The summed E-state index contributed by atoms with van der Waals surface area (Å²) in [4.78, 5) is 14.4. The minimum Gasteiger partial charge on any atom is -0.476 e. The van der Waals surface area contributed by atoms with E-state index >= 15 is 0 Å². The number of aromatic carboxylic acids is 1. The summed E-state index contributed by atoms with van der Waals surface area (Å²) in [7, 11) is 0. The van der Waals surface area contributed by atoms with Crippen molar-refractivity contribution in [3.63, 3.8) is 0 Å². The van der Waals surface area contributed by atoms with Crippen LogP contribution in [0.5, 0.6) is 0 Å². The molecule has 0 fully saturated rings. The van der Waals surface area contributed by atoms with Crippen molar-refractivity contribution >= 4 is 16.9 Å². The number of rotatable bonds is 3. The quantitative estimate of drug-likeness (QED) is 0.767. The van der Waals surface area contributed by atoms with Crippen LogP contribution in [0.1, 0.15) is 23.1 Å². The third-order valence-electron chi connectivity index (χ3n) is 3.45. The molecule has 5 heteroatoms. The van der Waals surface area contributed by atoms with E-state index in [-0.39, 0.29) is 5.69 Å². The van der Waals surface area contributed by atoms with E-state index in [9.17, 15) is 4.79 Å². The van der Waals surface area contributed by atoms with Crippen molar-refractivity contribution in [2.75, 3.05) is 0 Å². The molecule has 5 nitrogen and oxygen atoms in total. The lowest BCUT2D eigenvalue weighted by Crippen LogP contribution is -2.02. The molecule has 102 valence electrons. The number of benzene rings is 1. The lowest BCUT2D eigenvalue weighted by Gasteiger charge is -2.04. The zero-order valence-electron chi connectivity index (χ0n) is 11.3. The molecule has 2 N–H and O–H groups in total. The molecular weight excluding hydrogens is 254 g/mol. The van der Waals surface area contributed by atoms with Crippen molar-refractivity contribution in [1.29, 1.82) is 0 Å². The van der Waals surface area contributed by atoms with Gasteiger partial charge in [-0.1, -0.05) is 18.2 Å². The molecule has 0 amide bonds. The minimum atomic E-state index is -1.00. The number of nitrogens with one attached hydrogen (secondary N) is 1. The molecule has 2 aromatic heterocycles. The van der Waals surface area contributed by atoms with Crippen LogP contribution in [0.15, 0.2) is 30.3 Å². The highest BCUT2D eigenvalue weighted by Gasteiger charge is 2.18. The standard InChI is InChI=1S/C15H15N3O2/c1-3-18-13(8-12(17-18)15(19)20)14-9(2)16-11-7-5-4-6-10(11)14/h4-8,16H,3H2,1-2H3,(H,19,20). The Morgan fingerprint density at radius 3 is 2.85 bits per heavy atom. The molecule has 0 aliphatic heterocycles. The first-order chi connectivity index (χ1) is 9.61. The fourth-order valence-electron chi connectivity index (χ4n) is 2.57. The van der Waals surface area contributed by atoms with Gasteiger partial charge >= 0.3 is 5.97 Å². The van der Waals surface area contributed by atoms with Crippen LogP contribution in [-0.2, 0) is 6.54 Å². The van der Waals surface area contributed by atoms with E-state index in [1.165, 1.54) is 0 Å². The predicted molar refractivity (Wildman–Crippen MR) is 76.9 cm³/mol. The van der Waals surface area contributed by atoms with Crippen LogP contribution in [0.3, 0.4) is 0 Å². The molecule has 1 aromatic carbocycles. The maximum Gasteiger partial charge on any atom is 0.356 e. The molecule has 0 saturated heterocycles. The number of aryl methyl sites for hydroxylation is 2. The van der Waals surface area contributed by atoms with E-state index in [1.807, 2.05) is 38.1 Å². The fourth-order valence-corrected chi connectivity index (χ4v) is 2.57. The summed E-state index contributed by atoms with van der Waals surface area (Å²) in [6, 6.07) is 9.62. The van der Waals surface area contributed by atoms with E-state index < -0.39 is 5.97 Å². The summed E-state index contributed by atoms with van der Waals surface area (Å²) >= 11 is 0. The molecule has 0 radical (unpaired) electrons. The largest absolute Gasteiger partial charge is 0.476 e. The number of para-hydroxylation sites is 1. The summed E-state index contributed by atoms with van der Waals surface area (Å²) in [6.07, 6.45) is 0. The molecule has 0 bridgehead atoms. The second-order valence-electron chi connectivity index (χ2n) is 4.71. The van der Waals surface area contributed by atoms with Crippen molar-refractivity contribution in [1.82, 2.24) is 14.8 Å². The van der Waals surface area contributed by atoms with Gasteiger partial charge in [0.25, 0.3) is 0 Å². The summed E-state index contributed by atoms with van der Waals surface area (Å²) in [5.74, 6) is -1.00. The Bertz CT molecular complexity index is 799. The third-order valence-corrected chi connectivity index (χ3v) is 3.45. The average Bonchev–Trinajstić information content (AvgIpc) is 2.98. The van der Waals surface area contributed by atoms with Crippen LogP contribution in [0.2, 0.25) is 0 Å². The zero-order valence-corrected chi connectivity index (χ0v) is 11.3. The Morgan fingerprint density at radius 1 is 1.40 bits per heavy atom. The average molecular weight is 269 g/mol. The van der Waals surface area contributed by atoms with Gasteiger partial charge in [0.15, 0.2) is 5.69 Å². The van der Waals surface area contributed by atoms with Crippen LogP contribution in [0.4, 0.5) is 0 Å². The van der Waals surface area contributed by atoms with Gasteiger partial charge in [-0.2, -0.15) is 5.10 Å². The molecule has 0 unspecified atom stereocenters. The van der Waals surface area contributed by atoms with Crippen LogP contribution < -0.4 is 0 Å². The van der Waals surface area contributed by atoms with E-state index in [0.717, 1.165) is 27.9 Å². The summed E-state index contributed by atoms with van der Waals surface area (Å²) in [5.41, 5.74) is 3.98. The molecule has 2 heterocycles. The number of H-pyrrole nitrogens is 1. The molecule has 0 spiro atoms. The number of aromatic amines is 1. The Hall–Kier alpha value is -2.56. The van der Waals surface area contributed by atoms with Gasteiger partial charge in [0.05, 0.1) is 5.69 Å². The third kappa shape index (κ3) is 1.79. The number of aromatic nitrogens is 3. The van der Waals surface area contributed by atoms with Crippen molar-refractivity contribution < 1.29 is 9.90 Å². The SMILES string of the molecule is CCn1nc(C(=O)O)cc1-c1c(C)[nH]c2ccccc12. The molecule has 3 aromatic rings. The van der Waals surface area contributed by atoms with Gasteiger partial charge in [-0.05, 0) is 26.0 Å². The Kier molecular flexibility index (Phi) is 2.82. The van der Waals surface area contributed by atoms with Crippen LogP contribution in [0.25, 0.3) is 22.2 Å². The fraction of sp³-hybridized carbons (Fsp3) is 0.200. The highest BCUT2D eigenvalue weighted by molar-refractivity contribution is 5.97. The lowest BCUT2D eigenvalue weighted by molar-refractivity contribution is 0.0689. The number of nitrogens with zero attached hydrogens (tertiary/aromatic N) is 2. The maximum absolute atomic E-state index is 11.1. The van der Waals surface area contributed by atoms with Crippen LogP contribution >= 0.6 is 0 Å². The Balaban J connectivity index is 2.30. The van der Waals surface area contributed by atoms with E-state index in [4.69, 9.17) is 5.11 Å². The number of hydrogen-bond acceptors (Lipinski definition) is 2. The Labute approximate surface area is 115 Å². The van der Waals surface area contributed by atoms with E-state index in [0.29, 0.717) is 6.54 Å². The first-order valence-corrected chi connectivity index (χ1v) is 6.50. The molecule has 0 aliphatic rings. The summed E-state index contributed by atoms with van der Waals surface area (Å²) in [6.45, 7) is 4.57. The van der Waals surface area contributed by atoms with Crippen LogP contribution in [-0.4, -0.2) is 25.8 Å². The molecule has 0 saturated carbocycles. The Morgan fingerprint density at radius 2 is 2.15 bits per heavy atom. The highest BCUT2D eigenvalue weighted by Crippen LogP contribution is 2.32.